The summed E-state index contributed by atoms with van der Waals surface area (Å²) >= 11 is 0. The molecule has 0 spiro atoms. The van der Waals surface area contributed by atoms with Crippen LogP contribution in [-0.2, 0) is 7.05 Å². The van der Waals surface area contributed by atoms with E-state index in [1.165, 1.54) is 0 Å². The number of halogens is 2. The van der Waals surface area contributed by atoms with Gasteiger partial charge >= 0.3 is 0 Å². The first-order valence-corrected chi connectivity index (χ1v) is 5.72. The van der Waals surface area contributed by atoms with Crippen LogP contribution in [0.3, 0.4) is 0 Å². The molecule has 6 heteroatoms. The van der Waals surface area contributed by atoms with Crippen molar-refractivity contribution in [3.05, 3.63) is 29.6 Å². The first-order valence-electron chi connectivity index (χ1n) is 5.72. The topological polar surface area (TPSA) is 56.7 Å². The van der Waals surface area contributed by atoms with Gasteiger partial charge in [-0.2, -0.15) is 5.10 Å². The average molecular weight is 250 g/mol. The Morgan fingerprint density at radius 2 is 1.94 bits per heavy atom. The van der Waals surface area contributed by atoms with Crippen molar-refractivity contribution in [2.75, 3.05) is 5.73 Å². The lowest BCUT2D eigenvalue weighted by atomic mass is 10.1. The Hall–Kier alpha value is -1.98. The summed E-state index contributed by atoms with van der Waals surface area (Å²) in [6, 6.07) is 2.03. The summed E-state index contributed by atoms with van der Waals surface area (Å²) in [7, 11) is 1.72. The van der Waals surface area contributed by atoms with Gasteiger partial charge in [-0.25, -0.2) is 18.4 Å². The summed E-state index contributed by atoms with van der Waals surface area (Å²) in [6.07, 6.45) is 2.16. The van der Waals surface area contributed by atoms with Crippen LogP contribution in [0.2, 0.25) is 0 Å². The number of hydrogen-bond acceptors (Lipinski definition) is 3. The van der Waals surface area contributed by atoms with E-state index in [-0.39, 0.29) is 5.69 Å². The lowest BCUT2D eigenvalue weighted by Gasteiger charge is -2.05. The van der Waals surface area contributed by atoms with Crippen molar-refractivity contribution < 1.29 is 8.78 Å². The minimum Gasteiger partial charge on any atom is -0.398 e. The van der Waals surface area contributed by atoms with Gasteiger partial charge in [0.15, 0.2) is 23.3 Å². The van der Waals surface area contributed by atoms with Crippen molar-refractivity contribution in [2.45, 2.75) is 18.8 Å². The third-order valence-electron chi connectivity index (χ3n) is 3.06. The van der Waals surface area contributed by atoms with E-state index in [2.05, 4.69) is 10.1 Å². The zero-order valence-electron chi connectivity index (χ0n) is 9.82. The molecule has 1 aliphatic rings. The number of aromatic nitrogens is 3. The van der Waals surface area contributed by atoms with Gasteiger partial charge in [-0.05, 0) is 18.9 Å². The van der Waals surface area contributed by atoms with E-state index in [1.807, 2.05) is 0 Å². The van der Waals surface area contributed by atoms with Crippen LogP contribution in [0.25, 0.3) is 11.4 Å². The molecule has 0 atom stereocenters. The number of rotatable bonds is 2. The number of nitrogens with zero attached hydrogens (tertiary/aromatic N) is 3. The van der Waals surface area contributed by atoms with E-state index >= 15 is 0 Å². The van der Waals surface area contributed by atoms with Gasteiger partial charge in [-0.3, -0.25) is 0 Å². The highest BCUT2D eigenvalue weighted by atomic mass is 19.2. The van der Waals surface area contributed by atoms with Gasteiger partial charge in [-0.15, -0.1) is 0 Å². The van der Waals surface area contributed by atoms with Crippen LogP contribution >= 0.6 is 0 Å². The van der Waals surface area contributed by atoms with Crippen LogP contribution in [0.4, 0.5) is 14.5 Å². The summed E-state index contributed by atoms with van der Waals surface area (Å²) in [5.74, 6) is -0.280. The Labute approximate surface area is 102 Å². The summed E-state index contributed by atoms with van der Waals surface area (Å²) in [5.41, 5.74) is 6.23. The van der Waals surface area contributed by atoms with Crippen LogP contribution < -0.4 is 5.73 Å². The van der Waals surface area contributed by atoms with Crippen LogP contribution in [0.15, 0.2) is 12.1 Å². The minimum absolute atomic E-state index is 0.159. The lowest BCUT2D eigenvalue weighted by Crippen LogP contribution is -2.00. The normalized spacial score (nSPS) is 15.1. The van der Waals surface area contributed by atoms with E-state index in [4.69, 9.17) is 5.73 Å². The number of nitrogens with two attached hydrogens (primary N) is 1. The molecule has 1 heterocycles. The Morgan fingerprint density at radius 1 is 1.28 bits per heavy atom. The zero-order chi connectivity index (χ0) is 12.9. The molecule has 0 amide bonds. The highest BCUT2D eigenvalue weighted by Crippen LogP contribution is 2.39. The maximum absolute atomic E-state index is 13.3. The smallest absolute Gasteiger partial charge is 0.160 e. The molecule has 1 saturated carbocycles. The number of nitrogen functional groups attached to an aromatic ring is 1. The second kappa shape index (κ2) is 3.76. The SMILES string of the molecule is Cn1nc(C2CC2)nc1-c1cc(F)c(F)cc1N. The van der Waals surface area contributed by atoms with Crippen LogP contribution in [-0.4, -0.2) is 14.8 Å². The summed E-state index contributed by atoms with van der Waals surface area (Å²) < 4.78 is 27.8. The van der Waals surface area contributed by atoms with Crippen molar-refractivity contribution in [1.29, 1.82) is 0 Å². The van der Waals surface area contributed by atoms with Gasteiger partial charge in [-0.1, -0.05) is 0 Å². The molecule has 2 N–H and O–H groups in total. The molecule has 94 valence electrons. The highest BCUT2D eigenvalue weighted by molar-refractivity contribution is 5.71. The highest BCUT2D eigenvalue weighted by Gasteiger charge is 2.29. The molecule has 4 nitrogen and oxygen atoms in total. The van der Waals surface area contributed by atoms with Gasteiger partial charge in [0.05, 0.1) is 0 Å². The van der Waals surface area contributed by atoms with Crippen LogP contribution in [0, 0.1) is 11.6 Å². The second-order valence-electron chi connectivity index (χ2n) is 4.55. The van der Waals surface area contributed by atoms with E-state index in [0.29, 0.717) is 17.3 Å². The fourth-order valence-corrected chi connectivity index (χ4v) is 1.91. The molecule has 0 radical (unpaired) electrons. The number of benzene rings is 1. The third-order valence-corrected chi connectivity index (χ3v) is 3.06. The molecule has 1 aromatic heterocycles. The van der Waals surface area contributed by atoms with E-state index < -0.39 is 11.6 Å². The standard InChI is InChI=1S/C12H12F2N4/c1-18-12(16-11(17-18)6-2-3-6)7-4-8(13)9(14)5-10(7)15/h4-6H,2-3,15H2,1H3. The molecular weight excluding hydrogens is 238 g/mol. The fraction of sp³-hybridized carbons (Fsp3) is 0.333. The van der Waals surface area contributed by atoms with Crippen molar-refractivity contribution in [2.24, 2.45) is 7.05 Å². The van der Waals surface area contributed by atoms with Gasteiger partial charge in [0.1, 0.15) is 0 Å². The average Bonchev–Trinajstić information content (AvgIpc) is 3.08. The zero-order valence-corrected chi connectivity index (χ0v) is 9.82. The quantitative estimate of drug-likeness (QED) is 0.831. The second-order valence-corrected chi connectivity index (χ2v) is 4.55. The molecule has 1 aromatic carbocycles. The molecular formula is C12H12F2N4. The predicted octanol–water partition coefficient (Wildman–Crippen LogP) is 2.22. The first kappa shape index (κ1) is 11.1. The monoisotopic (exact) mass is 250 g/mol. The predicted molar refractivity (Wildman–Crippen MR) is 62.7 cm³/mol. The van der Waals surface area contributed by atoms with E-state index in [9.17, 15) is 8.78 Å². The number of hydrogen-bond donors (Lipinski definition) is 1. The molecule has 18 heavy (non-hydrogen) atoms. The fourth-order valence-electron chi connectivity index (χ4n) is 1.91. The van der Waals surface area contributed by atoms with E-state index in [1.54, 1.807) is 11.7 Å². The Kier molecular flexibility index (Phi) is 2.33. The molecule has 0 bridgehead atoms. The Morgan fingerprint density at radius 3 is 2.61 bits per heavy atom. The van der Waals surface area contributed by atoms with Gasteiger partial charge < -0.3 is 5.73 Å². The largest absolute Gasteiger partial charge is 0.398 e. The molecule has 3 rings (SSSR count). The Bertz CT molecular complexity index is 617. The summed E-state index contributed by atoms with van der Waals surface area (Å²) in [5, 5.41) is 4.28. The maximum atomic E-state index is 13.3. The molecule has 1 aliphatic carbocycles. The van der Waals surface area contributed by atoms with Crippen LogP contribution in [0.1, 0.15) is 24.6 Å². The van der Waals surface area contributed by atoms with Gasteiger partial charge in [0, 0.05) is 30.3 Å². The third kappa shape index (κ3) is 1.73. The van der Waals surface area contributed by atoms with Gasteiger partial charge in [0.2, 0.25) is 0 Å². The van der Waals surface area contributed by atoms with Gasteiger partial charge in [0.25, 0.3) is 0 Å². The Balaban J connectivity index is 2.11. The summed E-state index contributed by atoms with van der Waals surface area (Å²) in [6.45, 7) is 0. The first-order chi connectivity index (χ1) is 8.56. The maximum Gasteiger partial charge on any atom is 0.160 e. The molecule has 0 aliphatic heterocycles. The molecule has 2 aromatic rings. The molecule has 0 unspecified atom stereocenters. The minimum atomic E-state index is -0.958. The lowest BCUT2D eigenvalue weighted by molar-refractivity contribution is 0.509. The molecule has 0 saturated heterocycles. The summed E-state index contributed by atoms with van der Waals surface area (Å²) in [4.78, 5) is 4.36. The molecule has 1 fully saturated rings. The number of anilines is 1. The van der Waals surface area contributed by atoms with Crippen LogP contribution in [0.5, 0.6) is 0 Å². The van der Waals surface area contributed by atoms with E-state index in [0.717, 1.165) is 30.8 Å². The van der Waals surface area contributed by atoms with Crippen molar-refractivity contribution in [3.8, 4) is 11.4 Å². The number of aryl methyl sites for hydroxylation is 1. The van der Waals surface area contributed by atoms with Crippen molar-refractivity contribution in [1.82, 2.24) is 14.8 Å². The van der Waals surface area contributed by atoms with Crippen molar-refractivity contribution in [3.63, 3.8) is 0 Å². The van der Waals surface area contributed by atoms with Crippen molar-refractivity contribution >= 4 is 5.69 Å².